The number of likely N-dealkylation sites (tertiary alicyclic amines) is 1. The third-order valence-corrected chi connectivity index (χ3v) is 4.18. The van der Waals surface area contributed by atoms with Crippen molar-refractivity contribution in [2.24, 2.45) is 0 Å². The van der Waals surface area contributed by atoms with E-state index in [9.17, 15) is 18.8 Å². The summed E-state index contributed by atoms with van der Waals surface area (Å²) in [4.78, 5) is 37.6. The normalized spacial score (nSPS) is 16.3. The topological polar surface area (TPSA) is 84.9 Å². The summed E-state index contributed by atoms with van der Waals surface area (Å²) in [6.45, 7) is 3.98. The number of hydrogen-bond donors (Lipinski definition) is 1. The summed E-state index contributed by atoms with van der Waals surface area (Å²) >= 11 is 5.87. The molecule has 0 aliphatic carbocycles. The fourth-order valence-electron chi connectivity index (χ4n) is 2.69. The molecule has 1 aromatic rings. The van der Waals surface area contributed by atoms with E-state index >= 15 is 0 Å². The summed E-state index contributed by atoms with van der Waals surface area (Å²) < 4.78 is 24.0. The van der Waals surface area contributed by atoms with Gasteiger partial charge in [-0.1, -0.05) is 11.6 Å². The molecular formula is C17H20ClFN2O5. The molecule has 9 heteroatoms. The average Bonchev–Trinajstić information content (AvgIpc) is 3.07. The quantitative estimate of drug-likeness (QED) is 0.785. The van der Waals surface area contributed by atoms with Crippen LogP contribution in [-0.2, 0) is 14.3 Å². The van der Waals surface area contributed by atoms with Crippen LogP contribution >= 0.6 is 11.6 Å². The maximum absolute atomic E-state index is 14.1. The summed E-state index contributed by atoms with van der Waals surface area (Å²) in [6, 6.07) is 0.672. The first kappa shape index (κ1) is 20.0. The maximum Gasteiger partial charge on any atom is 0.339 e. The zero-order valence-electron chi connectivity index (χ0n) is 14.5. The second kappa shape index (κ2) is 8.84. The predicted octanol–water partition coefficient (Wildman–Crippen LogP) is 3.22. The molecule has 2 rings (SSSR count). The molecule has 7 nitrogen and oxygen atoms in total. The number of ether oxygens (including phenoxy) is 2. The van der Waals surface area contributed by atoms with Crippen LogP contribution in [-0.4, -0.2) is 48.7 Å². The van der Waals surface area contributed by atoms with Crippen molar-refractivity contribution in [3.8, 4) is 0 Å². The number of nitrogens with zero attached hydrogens (tertiary/aromatic N) is 1. The molecule has 1 aliphatic rings. The lowest BCUT2D eigenvalue weighted by Crippen LogP contribution is -2.43. The minimum Gasteiger partial charge on any atom is -0.464 e. The van der Waals surface area contributed by atoms with E-state index in [1.807, 2.05) is 0 Å². The van der Waals surface area contributed by atoms with Crippen LogP contribution in [0.4, 0.5) is 14.9 Å². The number of amides is 2. The lowest BCUT2D eigenvalue weighted by Gasteiger charge is -2.23. The summed E-state index contributed by atoms with van der Waals surface area (Å²) in [5, 5.41) is 2.26. The van der Waals surface area contributed by atoms with Crippen LogP contribution in [0, 0.1) is 5.82 Å². The van der Waals surface area contributed by atoms with E-state index in [1.165, 1.54) is 4.90 Å². The standard InChI is InChI=1S/C17H20ClFN2O5/c1-3-25-15(22)10-8-13(12(19)9-11(10)18)20-17(24)21-7-5-6-14(21)16(23)26-4-2/h8-9,14H,3-7H2,1-2H3,(H,20,24). The minimum atomic E-state index is -0.803. The largest absolute Gasteiger partial charge is 0.464 e. The third kappa shape index (κ3) is 4.43. The molecule has 0 bridgehead atoms. The molecule has 142 valence electrons. The minimum absolute atomic E-state index is 0.0615. The van der Waals surface area contributed by atoms with E-state index < -0.39 is 29.8 Å². The molecule has 26 heavy (non-hydrogen) atoms. The van der Waals surface area contributed by atoms with Gasteiger partial charge in [-0.3, -0.25) is 0 Å². The van der Waals surface area contributed by atoms with Gasteiger partial charge in [-0.15, -0.1) is 0 Å². The van der Waals surface area contributed by atoms with Crippen molar-refractivity contribution < 1.29 is 28.2 Å². The van der Waals surface area contributed by atoms with Crippen LogP contribution in [0.2, 0.25) is 5.02 Å². The first-order valence-electron chi connectivity index (χ1n) is 8.29. The van der Waals surface area contributed by atoms with Crippen LogP contribution in [0.25, 0.3) is 0 Å². The molecule has 0 spiro atoms. The van der Waals surface area contributed by atoms with E-state index in [-0.39, 0.29) is 29.5 Å². The van der Waals surface area contributed by atoms with Gasteiger partial charge >= 0.3 is 18.0 Å². The number of urea groups is 1. The number of hydrogen-bond acceptors (Lipinski definition) is 5. The van der Waals surface area contributed by atoms with Gasteiger partial charge in [-0.2, -0.15) is 0 Å². The lowest BCUT2D eigenvalue weighted by molar-refractivity contribution is -0.147. The Morgan fingerprint density at radius 3 is 2.62 bits per heavy atom. The number of nitrogens with one attached hydrogen (secondary N) is 1. The summed E-state index contributed by atoms with van der Waals surface area (Å²) in [6.07, 6.45) is 1.11. The smallest absolute Gasteiger partial charge is 0.339 e. The molecule has 1 atom stereocenters. The van der Waals surface area contributed by atoms with Crippen LogP contribution in [0.3, 0.4) is 0 Å². The zero-order valence-corrected chi connectivity index (χ0v) is 15.3. The van der Waals surface area contributed by atoms with E-state index in [0.29, 0.717) is 19.4 Å². The molecule has 1 saturated heterocycles. The number of benzene rings is 1. The molecule has 1 aliphatic heterocycles. The molecule has 1 aromatic carbocycles. The lowest BCUT2D eigenvalue weighted by atomic mass is 10.2. The molecule has 0 radical (unpaired) electrons. The Morgan fingerprint density at radius 1 is 1.27 bits per heavy atom. The van der Waals surface area contributed by atoms with Gasteiger partial charge in [0.05, 0.1) is 29.5 Å². The molecule has 1 N–H and O–H groups in total. The Hall–Kier alpha value is -2.35. The molecule has 0 saturated carbocycles. The van der Waals surface area contributed by atoms with Crippen molar-refractivity contribution in [3.05, 3.63) is 28.5 Å². The van der Waals surface area contributed by atoms with Gasteiger partial charge in [0.1, 0.15) is 11.9 Å². The van der Waals surface area contributed by atoms with Crippen molar-refractivity contribution in [2.45, 2.75) is 32.7 Å². The van der Waals surface area contributed by atoms with Gasteiger partial charge in [-0.25, -0.2) is 18.8 Å². The Kier molecular flexibility index (Phi) is 6.79. The molecule has 1 heterocycles. The van der Waals surface area contributed by atoms with Crippen LogP contribution < -0.4 is 5.32 Å². The van der Waals surface area contributed by atoms with E-state index in [1.54, 1.807) is 13.8 Å². The number of rotatable bonds is 5. The number of carbonyl (C=O) groups excluding carboxylic acids is 3. The summed E-state index contributed by atoms with van der Waals surface area (Å²) in [5.41, 5.74) is -0.287. The van der Waals surface area contributed by atoms with E-state index in [0.717, 1.165) is 12.1 Å². The van der Waals surface area contributed by atoms with Crippen molar-refractivity contribution in [3.63, 3.8) is 0 Å². The van der Waals surface area contributed by atoms with Crippen LogP contribution in [0.5, 0.6) is 0 Å². The number of anilines is 1. The SMILES string of the molecule is CCOC(=O)c1cc(NC(=O)N2CCCC2C(=O)OCC)c(F)cc1Cl. The highest BCUT2D eigenvalue weighted by Crippen LogP contribution is 2.26. The second-order valence-electron chi connectivity index (χ2n) is 5.57. The monoisotopic (exact) mass is 386 g/mol. The zero-order chi connectivity index (χ0) is 19.3. The highest BCUT2D eigenvalue weighted by Gasteiger charge is 2.35. The van der Waals surface area contributed by atoms with Crippen molar-refractivity contribution in [1.82, 2.24) is 4.90 Å². The molecule has 1 fully saturated rings. The maximum atomic E-state index is 14.1. The number of carbonyl (C=O) groups is 3. The number of esters is 2. The average molecular weight is 387 g/mol. The predicted molar refractivity (Wildman–Crippen MR) is 92.7 cm³/mol. The Bertz CT molecular complexity index is 713. The Balaban J connectivity index is 2.19. The fourth-order valence-corrected chi connectivity index (χ4v) is 2.92. The van der Waals surface area contributed by atoms with Crippen LogP contribution in [0.1, 0.15) is 37.0 Å². The van der Waals surface area contributed by atoms with Crippen LogP contribution in [0.15, 0.2) is 12.1 Å². The summed E-state index contributed by atoms with van der Waals surface area (Å²) in [7, 11) is 0. The molecule has 1 unspecified atom stereocenters. The van der Waals surface area contributed by atoms with Crippen molar-refractivity contribution >= 4 is 35.3 Å². The van der Waals surface area contributed by atoms with E-state index in [4.69, 9.17) is 21.1 Å². The Morgan fingerprint density at radius 2 is 1.96 bits per heavy atom. The second-order valence-corrected chi connectivity index (χ2v) is 5.97. The molecule has 2 amide bonds. The van der Waals surface area contributed by atoms with Gasteiger partial charge in [-0.05, 0) is 38.8 Å². The third-order valence-electron chi connectivity index (χ3n) is 3.87. The highest BCUT2D eigenvalue weighted by molar-refractivity contribution is 6.33. The highest BCUT2D eigenvalue weighted by atomic mass is 35.5. The Labute approximate surface area is 155 Å². The van der Waals surface area contributed by atoms with E-state index in [2.05, 4.69) is 5.32 Å². The van der Waals surface area contributed by atoms with Gasteiger partial charge in [0, 0.05) is 6.54 Å². The van der Waals surface area contributed by atoms with Gasteiger partial charge < -0.3 is 19.7 Å². The fraction of sp³-hybridized carbons (Fsp3) is 0.471. The van der Waals surface area contributed by atoms with Crippen molar-refractivity contribution in [2.75, 3.05) is 25.1 Å². The first-order chi connectivity index (χ1) is 12.4. The molecule has 0 aromatic heterocycles. The van der Waals surface area contributed by atoms with Gasteiger partial charge in [0.25, 0.3) is 0 Å². The molecular weight excluding hydrogens is 367 g/mol. The first-order valence-corrected chi connectivity index (χ1v) is 8.67. The summed E-state index contributed by atoms with van der Waals surface area (Å²) in [5.74, 6) is -2.02. The van der Waals surface area contributed by atoms with Gasteiger partial charge in [0.15, 0.2) is 0 Å². The number of halogens is 2. The van der Waals surface area contributed by atoms with Gasteiger partial charge in [0.2, 0.25) is 0 Å². The van der Waals surface area contributed by atoms with Crippen molar-refractivity contribution in [1.29, 1.82) is 0 Å².